The van der Waals surface area contributed by atoms with Gasteiger partial charge in [-0.15, -0.1) is 0 Å². The van der Waals surface area contributed by atoms with Gasteiger partial charge >= 0.3 is 5.97 Å². The van der Waals surface area contributed by atoms with Crippen molar-refractivity contribution in [2.24, 2.45) is 0 Å². The summed E-state index contributed by atoms with van der Waals surface area (Å²) in [5, 5.41) is 2.63. The molecule has 0 saturated heterocycles. The van der Waals surface area contributed by atoms with E-state index in [-0.39, 0.29) is 12.4 Å². The number of rotatable bonds is 4. The first kappa shape index (κ1) is 14.3. The molecular formula is C14H12BrNO4. The Morgan fingerprint density at radius 2 is 2.00 bits per heavy atom. The number of esters is 1. The van der Waals surface area contributed by atoms with Gasteiger partial charge in [0.15, 0.2) is 10.4 Å². The Hall–Kier alpha value is -2.08. The molecule has 104 valence electrons. The third-order valence-corrected chi connectivity index (χ3v) is 2.89. The summed E-state index contributed by atoms with van der Waals surface area (Å²) in [5.74, 6) is -0.771. The van der Waals surface area contributed by atoms with Crippen molar-refractivity contribution in [3.63, 3.8) is 0 Å². The van der Waals surface area contributed by atoms with Crippen molar-refractivity contribution in [3.05, 3.63) is 52.4 Å². The van der Waals surface area contributed by atoms with Crippen LogP contribution >= 0.6 is 15.9 Å². The fraction of sp³-hybridized carbons (Fsp3) is 0.143. The van der Waals surface area contributed by atoms with Gasteiger partial charge < -0.3 is 14.5 Å². The number of nitrogens with one attached hydrogen (secondary N) is 1. The van der Waals surface area contributed by atoms with E-state index in [2.05, 4.69) is 21.2 Å². The zero-order valence-electron chi connectivity index (χ0n) is 10.7. The van der Waals surface area contributed by atoms with E-state index in [1.54, 1.807) is 37.3 Å². The zero-order valence-corrected chi connectivity index (χ0v) is 12.3. The molecule has 6 heteroatoms. The highest BCUT2D eigenvalue weighted by molar-refractivity contribution is 9.10. The molecule has 1 aromatic carbocycles. The molecule has 1 N–H and O–H groups in total. The SMILES string of the molecule is CCOC(=O)c1ccccc1NC(=O)c1ccc(Br)o1. The fourth-order valence-corrected chi connectivity index (χ4v) is 1.91. The van der Waals surface area contributed by atoms with E-state index in [9.17, 15) is 9.59 Å². The van der Waals surface area contributed by atoms with Crippen LogP contribution in [0.15, 0.2) is 45.5 Å². The number of amides is 1. The van der Waals surface area contributed by atoms with Gasteiger partial charge in [-0.2, -0.15) is 0 Å². The van der Waals surface area contributed by atoms with Gasteiger partial charge in [0.05, 0.1) is 17.9 Å². The van der Waals surface area contributed by atoms with E-state index in [1.165, 1.54) is 6.07 Å². The average molecular weight is 338 g/mol. The molecule has 0 unspecified atom stereocenters. The summed E-state index contributed by atoms with van der Waals surface area (Å²) in [6.07, 6.45) is 0. The molecule has 1 amide bonds. The maximum absolute atomic E-state index is 12.0. The van der Waals surface area contributed by atoms with Crippen LogP contribution in [0.2, 0.25) is 0 Å². The normalized spacial score (nSPS) is 10.1. The Labute approximate surface area is 124 Å². The highest BCUT2D eigenvalue weighted by Crippen LogP contribution is 2.19. The summed E-state index contributed by atoms with van der Waals surface area (Å²) in [5.41, 5.74) is 0.678. The summed E-state index contributed by atoms with van der Waals surface area (Å²) >= 11 is 3.12. The average Bonchev–Trinajstić information content (AvgIpc) is 2.86. The van der Waals surface area contributed by atoms with Gasteiger partial charge in [-0.05, 0) is 47.1 Å². The molecule has 0 radical (unpaired) electrons. The second-order valence-electron chi connectivity index (χ2n) is 3.82. The first-order chi connectivity index (χ1) is 9.61. The van der Waals surface area contributed by atoms with Gasteiger partial charge in [0.25, 0.3) is 5.91 Å². The number of anilines is 1. The Bertz CT molecular complexity index is 636. The molecule has 20 heavy (non-hydrogen) atoms. The van der Waals surface area contributed by atoms with E-state index < -0.39 is 11.9 Å². The van der Waals surface area contributed by atoms with Gasteiger partial charge in [-0.1, -0.05) is 12.1 Å². The van der Waals surface area contributed by atoms with Gasteiger partial charge in [0.2, 0.25) is 0 Å². The van der Waals surface area contributed by atoms with Crippen molar-refractivity contribution in [1.82, 2.24) is 0 Å². The Morgan fingerprint density at radius 1 is 1.25 bits per heavy atom. The van der Waals surface area contributed by atoms with Gasteiger partial charge in [0.1, 0.15) is 0 Å². The number of ether oxygens (including phenoxy) is 1. The topological polar surface area (TPSA) is 68.5 Å². The predicted octanol–water partition coefficient (Wildman–Crippen LogP) is 3.47. The number of carbonyl (C=O) groups is 2. The van der Waals surface area contributed by atoms with Crippen LogP contribution in [0.5, 0.6) is 0 Å². The molecular weight excluding hydrogens is 326 g/mol. The highest BCUT2D eigenvalue weighted by Gasteiger charge is 2.16. The third kappa shape index (κ3) is 3.27. The number of halogens is 1. The molecule has 0 bridgehead atoms. The lowest BCUT2D eigenvalue weighted by molar-refractivity contribution is 0.0527. The molecule has 1 heterocycles. The van der Waals surface area contributed by atoms with E-state index in [0.717, 1.165) is 0 Å². The Morgan fingerprint density at radius 3 is 2.65 bits per heavy atom. The number of hydrogen-bond acceptors (Lipinski definition) is 4. The molecule has 0 aliphatic heterocycles. The summed E-state index contributed by atoms with van der Waals surface area (Å²) in [6, 6.07) is 9.79. The summed E-state index contributed by atoms with van der Waals surface area (Å²) in [6.45, 7) is 1.99. The van der Waals surface area contributed by atoms with Crippen LogP contribution < -0.4 is 5.32 Å². The molecule has 0 aliphatic rings. The second-order valence-corrected chi connectivity index (χ2v) is 4.61. The lowest BCUT2D eigenvalue weighted by Gasteiger charge is -2.09. The van der Waals surface area contributed by atoms with E-state index >= 15 is 0 Å². The van der Waals surface area contributed by atoms with Crippen LogP contribution in [0.4, 0.5) is 5.69 Å². The van der Waals surface area contributed by atoms with Crippen LogP contribution in [-0.2, 0) is 4.74 Å². The van der Waals surface area contributed by atoms with Crippen LogP contribution in [0.25, 0.3) is 0 Å². The van der Waals surface area contributed by atoms with Crippen molar-refractivity contribution < 1.29 is 18.7 Å². The fourth-order valence-electron chi connectivity index (χ4n) is 1.60. The molecule has 0 fully saturated rings. The first-order valence-electron chi connectivity index (χ1n) is 5.94. The predicted molar refractivity (Wildman–Crippen MR) is 76.8 cm³/mol. The van der Waals surface area contributed by atoms with Crippen molar-refractivity contribution in [3.8, 4) is 0 Å². The smallest absolute Gasteiger partial charge is 0.340 e. The molecule has 0 atom stereocenters. The summed E-state index contributed by atoms with van der Waals surface area (Å²) < 4.78 is 10.6. The van der Waals surface area contributed by atoms with Gasteiger partial charge in [-0.25, -0.2) is 4.79 Å². The molecule has 0 spiro atoms. The minimum absolute atomic E-state index is 0.149. The number of hydrogen-bond donors (Lipinski definition) is 1. The summed E-state index contributed by atoms with van der Waals surface area (Å²) in [4.78, 5) is 23.8. The van der Waals surface area contributed by atoms with Crippen LogP contribution in [0, 0.1) is 0 Å². The molecule has 0 aliphatic carbocycles. The van der Waals surface area contributed by atoms with Crippen LogP contribution in [-0.4, -0.2) is 18.5 Å². The van der Waals surface area contributed by atoms with Crippen molar-refractivity contribution >= 4 is 33.5 Å². The van der Waals surface area contributed by atoms with Crippen molar-refractivity contribution in [2.45, 2.75) is 6.92 Å². The minimum atomic E-state index is -0.482. The minimum Gasteiger partial charge on any atom is -0.462 e. The number of para-hydroxylation sites is 1. The van der Waals surface area contributed by atoms with Gasteiger partial charge in [0, 0.05) is 0 Å². The van der Waals surface area contributed by atoms with Crippen molar-refractivity contribution in [1.29, 1.82) is 0 Å². The van der Waals surface area contributed by atoms with Crippen molar-refractivity contribution in [2.75, 3.05) is 11.9 Å². The molecule has 2 aromatic rings. The first-order valence-corrected chi connectivity index (χ1v) is 6.74. The number of carbonyl (C=O) groups excluding carboxylic acids is 2. The monoisotopic (exact) mass is 337 g/mol. The van der Waals surface area contributed by atoms with Crippen LogP contribution in [0.1, 0.15) is 27.8 Å². The molecule has 5 nitrogen and oxygen atoms in total. The maximum atomic E-state index is 12.0. The molecule has 1 aromatic heterocycles. The Balaban J connectivity index is 2.21. The molecule has 2 rings (SSSR count). The second kappa shape index (κ2) is 6.38. The van der Waals surface area contributed by atoms with E-state index in [4.69, 9.17) is 9.15 Å². The lowest BCUT2D eigenvalue weighted by Crippen LogP contribution is -2.15. The quantitative estimate of drug-likeness (QED) is 0.867. The Kier molecular flexibility index (Phi) is 4.57. The number of benzene rings is 1. The van der Waals surface area contributed by atoms with Crippen LogP contribution in [0.3, 0.4) is 0 Å². The number of furan rings is 1. The van der Waals surface area contributed by atoms with Gasteiger partial charge in [-0.3, -0.25) is 4.79 Å². The third-order valence-electron chi connectivity index (χ3n) is 2.47. The summed E-state index contributed by atoms with van der Waals surface area (Å²) in [7, 11) is 0. The zero-order chi connectivity index (χ0) is 14.5. The van der Waals surface area contributed by atoms with E-state index in [1.807, 2.05) is 0 Å². The van der Waals surface area contributed by atoms with E-state index in [0.29, 0.717) is 15.9 Å². The lowest BCUT2D eigenvalue weighted by atomic mass is 10.1. The molecule has 0 saturated carbocycles. The highest BCUT2D eigenvalue weighted by atomic mass is 79.9. The standard InChI is InChI=1S/C14H12BrNO4/c1-2-19-14(18)9-5-3-4-6-10(9)16-13(17)11-7-8-12(15)20-11/h3-8H,2H2,1H3,(H,16,17). The maximum Gasteiger partial charge on any atom is 0.340 e. The largest absolute Gasteiger partial charge is 0.462 e.